The lowest BCUT2D eigenvalue weighted by Gasteiger charge is -2.30. The fraction of sp³-hybridized carbons (Fsp3) is 0.261. The summed E-state index contributed by atoms with van der Waals surface area (Å²) in [4.78, 5) is 12.1. The van der Waals surface area contributed by atoms with Gasteiger partial charge in [0.05, 0.1) is 23.1 Å². The molecular formula is C23H26N8. The Kier molecular flexibility index (Phi) is 5.13. The molecule has 1 fully saturated rings. The van der Waals surface area contributed by atoms with E-state index in [0.29, 0.717) is 6.54 Å². The quantitative estimate of drug-likeness (QED) is 0.372. The van der Waals surface area contributed by atoms with Crippen LogP contribution in [0.2, 0.25) is 0 Å². The fourth-order valence-corrected chi connectivity index (χ4v) is 3.92. The highest BCUT2D eigenvalue weighted by Gasteiger charge is 2.19. The van der Waals surface area contributed by atoms with Gasteiger partial charge in [0.15, 0.2) is 11.6 Å². The molecule has 31 heavy (non-hydrogen) atoms. The zero-order valence-corrected chi connectivity index (χ0v) is 17.5. The predicted molar refractivity (Wildman–Crippen MR) is 125 cm³/mol. The molecule has 8 nitrogen and oxygen atoms in total. The van der Waals surface area contributed by atoms with E-state index in [1.165, 1.54) is 0 Å². The number of piperazine rings is 1. The Balaban J connectivity index is 1.50. The zero-order chi connectivity index (χ0) is 21.2. The topological polar surface area (TPSA) is 108 Å². The van der Waals surface area contributed by atoms with Crippen molar-refractivity contribution in [3.63, 3.8) is 0 Å². The van der Waals surface area contributed by atoms with Crippen LogP contribution in [-0.2, 0) is 6.54 Å². The van der Waals surface area contributed by atoms with Crippen molar-refractivity contribution in [2.24, 2.45) is 0 Å². The third kappa shape index (κ3) is 3.89. The summed E-state index contributed by atoms with van der Waals surface area (Å²) in [5.41, 5.74) is 11.8. The number of H-pyrrole nitrogens is 1. The van der Waals surface area contributed by atoms with Crippen LogP contribution in [0.3, 0.4) is 0 Å². The third-order valence-corrected chi connectivity index (χ3v) is 5.72. The molecule has 8 heteroatoms. The van der Waals surface area contributed by atoms with Crippen molar-refractivity contribution in [1.29, 1.82) is 0 Å². The number of nitrogens with two attached hydrogens (primary N) is 1. The highest BCUT2D eigenvalue weighted by Crippen LogP contribution is 2.29. The number of benzene rings is 2. The first-order valence-electron chi connectivity index (χ1n) is 10.5. The van der Waals surface area contributed by atoms with Crippen LogP contribution in [0.25, 0.3) is 22.2 Å². The van der Waals surface area contributed by atoms with E-state index in [1.807, 2.05) is 43.5 Å². The molecule has 0 unspecified atom stereocenters. The van der Waals surface area contributed by atoms with E-state index in [0.717, 1.165) is 76.9 Å². The molecule has 158 valence electrons. The lowest BCUT2D eigenvalue weighted by atomic mass is 10.1. The van der Waals surface area contributed by atoms with Gasteiger partial charge in [0, 0.05) is 49.4 Å². The van der Waals surface area contributed by atoms with Crippen molar-refractivity contribution in [2.45, 2.75) is 13.5 Å². The predicted octanol–water partition coefficient (Wildman–Crippen LogP) is 2.93. The maximum Gasteiger partial charge on any atom is 0.172 e. The minimum Gasteiger partial charge on any atom is -0.398 e. The van der Waals surface area contributed by atoms with Gasteiger partial charge in [-0.25, -0.2) is 9.97 Å². The number of hydrogen-bond donors (Lipinski definition) is 4. The fourth-order valence-electron chi connectivity index (χ4n) is 3.92. The van der Waals surface area contributed by atoms with Crippen molar-refractivity contribution in [3.8, 4) is 11.3 Å². The van der Waals surface area contributed by atoms with Gasteiger partial charge >= 0.3 is 0 Å². The van der Waals surface area contributed by atoms with Crippen molar-refractivity contribution in [1.82, 2.24) is 25.5 Å². The second kappa shape index (κ2) is 8.23. The molecule has 0 amide bonds. The number of aromatic amines is 1. The largest absolute Gasteiger partial charge is 0.398 e. The van der Waals surface area contributed by atoms with Crippen LogP contribution in [0.15, 0.2) is 48.7 Å². The van der Waals surface area contributed by atoms with E-state index in [2.05, 4.69) is 37.9 Å². The van der Waals surface area contributed by atoms with Crippen molar-refractivity contribution in [2.75, 3.05) is 42.1 Å². The number of nitrogen functional groups attached to an aromatic ring is 1. The molecule has 2 aromatic heterocycles. The molecule has 1 saturated heterocycles. The number of aromatic nitrogens is 4. The number of anilines is 3. The SMILES string of the molecule is Cc1n[nH]c2ccc(-c3cnc(NCc4ccccc4N)c(N4CCNCC4)n3)cc12. The van der Waals surface area contributed by atoms with E-state index in [1.54, 1.807) is 0 Å². The van der Waals surface area contributed by atoms with Crippen LogP contribution in [0.5, 0.6) is 0 Å². The van der Waals surface area contributed by atoms with Crippen LogP contribution < -0.4 is 21.3 Å². The van der Waals surface area contributed by atoms with Crippen molar-refractivity contribution in [3.05, 3.63) is 59.9 Å². The van der Waals surface area contributed by atoms with E-state index < -0.39 is 0 Å². The first kappa shape index (κ1) is 19.3. The third-order valence-electron chi connectivity index (χ3n) is 5.72. The second-order valence-electron chi connectivity index (χ2n) is 7.79. The van der Waals surface area contributed by atoms with Crippen LogP contribution >= 0.6 is 0 Å². The molecule has 0 aliphatic carbocycles. The number of aryl methyl sites for hydroxylation is 1. The van der Waals surface area contributed by atoms with Gasteiger partial charge in [-0.05, 0) is 30.7 Å². The summed E-state index contributed by atoms with van der Waals surface area (Å²) in [5, 5.41) is 15.3. The highest BCUT2D eigenvalue weighted by atomic mass is 15.3. The molecule has 5 N–H and O–H groups in total. The number of nitrogens with zero attached hydrogens (tertiary/aromatic N) is 4. The molecule has 0 atom stereocenters. The number of nitrogens with one attached hydrogen (secondary N) is 3. The summed E-state index contributed by atoms with van der Waals surface area (Å²) in [6.45, 7) is 6.23. The van der Waals surface area contributed by atoms with Crippen molar-refractivity contribution >= 4 is 28.2 Å². The molecule has 0 spiro atoms. The maximum atomic E-state index is 6.11. The summed E-state index contributed by atoms with van der Waals surface area (Å²) in [5.74, 6) is 1.65. The van der Waals surface area contributed by atoms with Crippen LogP contribution in [0, 0.1) is 6.92 Å². The standard InChI is InChI=1S/C23H26N8/c1-15-18-12-16(6-7-20(18)30-29-15)21-14-27-22(23(28-21)31-10-8-25-9-11-31)26-13-17-4-2-3-5-19(17)24/h2-7,12,14,25H,8-11,13,24H2,1H3,(H,26,27)(H,29,30). The van der Waals surface area contributed by atoms with Gasteiger partial charge in [-0.15, -0.1) is 0 Å². The summed E-state index contributed by atoms with van der Waals surface area (Å²) in [6, 6.07) is 14.1. The minimum absolute atomic E-state index is 0.597. The number of para-hydroxylation sites is 1. The Morgan fingerprint density at radius 1 is 1.13 bits per heavy atom. The van der Waals surface area contributed by atoms with Gasteiger partial charge < -0.3 is 21.3 Å². The zero-order valence-electron chi connectivity index (χ0n) is 17.5. The lowest BCUT2D eigenvalue weighted by Crippen LogP contribution is -2.44. The molecule has 1 aliphatic rings. The van der Waals surface area contributed by atoms with Gasteiger partial charge in [-0.3, -0.25) is 5.10 Å². The van der Waals surface area contributed by atoms with E-state index >= 15 is 0 Å². The molecule has 0 radical (unpaired) electrons. The average Bonchev–Trinajstić information content (AvgIpc) is 3.19. The molecule has 4 aromatic rings. The monoisotopic (exact) mass is 414 g/mol. The molecule has 0 bridgehead atoms. The Morgan fingerprint density at radius 2 is 1.97 bits per heavy atom. The first-order valence-corrected chi connectivity index (χ1v) is 10.5. The summed E-state index contributed by atoms with van der Waals surface area (Å²) in [6.07, 6.45) is 1.83. The number of hydrogen-bond acceptors (Lipinski definition) is 7. The average molecular weight is 415 g/mol. The van der Waals surface area contributed by atoms with E-state index in [4.69, 9.17) is 15.7 Å². The van der Waals surface area contributed by atoms with E-state index in [-0.39, 0.29) is 0 Å². The minimum atomic E-state index is 0.597. The molecular weight excluding hydrogens is 388 g/mol. The Labute approximate surface area is 180 Å². The van der Waals surface area contributed by atoms with Gasteiger partial charge in [0.2, 0.25) is 0 Å². The lowest BCUT2D eigenvalue weighted by molar-refractivity contribution is 0.585. The van der Waals surface area contributed by atoms with Crippen molar-refractivity contribution < 1.29 is 0 Å². The Bertz CT molecular complexity index is 1210. The highest BCUT2D eigenvalue weighted by molar-refractivity contribution is 5.86. The van der Waals surface area contributed by atoms with Gasteiger partial charge in [-0.1, -0.05) is 24.3 Å². The smallest absolute Gasteiger partial charge is 0.172 e. The van der Waals surface area contributed by atoms with Gasteiger partial charge in [-0.2, -0.15) is 5.10 Å². The van der Waals surface area contributed by atoms with Crippen LogP contribution in [0.1, 0.15) is 11.3 Å². The van der Waals surface area contributed by atoms with Gasteiger partial charge in [0.25, 0.3) is 0 Å². The normalized spacial score (nSPS) is 14.2. The molecule has 3 heterocycles. The maximum absolute atomic E-state index is 6.11. The molecule has 2 aromatic carbocycles. The molecule has 1 aliphatic heterocycles. The van der Waals surface area contributed by atoms with Gasteiger partial charge in [0.1, 0.15) is 0 Å². The van der Waals surface area contributed by atoms with E-state index in [9.17, 15) is 0 Å². The first-order chi connectivity index (χ1) is 15.2. The summed E-state index contributed by atoms with van der Waals surface area (Å²) in [7, 11) is 0. The second-order valence-corrected chi connectivity index (χ2v) is 7.79. The molecule has 5 rings (SSSR count). The Hall–Kier alpha value is -3.65. The van der Waals surface area contributed by atoms with Crippen LogP contribution in [0.4, 0.5) is 17.3 Å². The summed E-state index contributed by atoms with van der Waals surface area (Å²) >= 11 is 0. The number of fused-ring (bicyclic) bond motifs is 1. The van der Waals surface area contributed by atoms with Crippen LogP contribution in [-0.4, -0.2) is 46.3 Å². The summed E-state index contributed by atoms with van der Waals surface area (Å²) < 4.78 is 0. The number of rotatable bonds is 5. The molecule has 0 saturated carbocycles. The Morgan fingerprint density at radius 3 is 2.81 bits per heavy atom.